The van der Waals surface area contributed by atoms with Crippen LogP contribution in [0, 0.1) is 0 Å². The van der Waals surface area contributed by atoms with E-state index in [9.17, 15) is 8.42 Å². The molecule has 0 atom stereocenters. The van der Waals surface area contributed by atoms with E-state index in [0.29, 0.717) is 5.39 Å². The second-order valence-electron chi connectivity index (χ2n) is 3.93. The van der Waals surface area contributed by atoms with E-state index in [0.717, 1.165) is 5.39 Å². The molecule has 0 radical (unpaired) electrons. The SMILES string of the molecule is CC=C[CH2][Na].O=S(=O)(O)c1cccc2ccccc12. The average molecular weight is 286 g/mol. The minimum absolute atomic E-state index is 0.0457. The normalized spacial score (nSPS) is 11.4. The van der Waals surface area contributed by atoms with Crippen LogP contribution >= 0.6 is 0 Å². The van der Waals surface area contributed by atoms with Gasteiger partial charge in [0.05, 0.1) is 0 Å². The van der Waals surface area contributed by atoms with Crippen LogP contribution in [-0.2, 0) is 10.1 Å². The summed E-state index contributed by atoms with van der Waals surface area (Å²) in [5.74, 6) is 0. The summed E-state index contributed by atoms with van der Waals surface area (Å²) in [5, 5.41) is 1.33. The topological polar surface area (TPSA) is 54.4 Å². The Morgan fingerprint density at radius 1 is 1.16 bits per heavy atom. The molecular weight excluding hydrogens is 271 g/mol. The van der Waals surface area contributed by atoms with Gasteiger partial charge in [-0.05, 0) is 11.5 Å². The molecule has 0 aliphatic heterocycles. The Kier molecular flexibility index (Phi) is 6.75. The molecule has 0 aliphatic rings. The molecule has 0 amide bonds. The van der Waals surface area contributed by atoms with Crippen molar-refractivity contribution < 1.29 is 13.0 Å². The van der Waals surface area contributed by atoms with Gasteiger partial charge in [0.2, 0.25) is 0 Å². The molecule has 19 heavy (non-hydrogen) atoms. The summed E-state index contributed by atoms with van der Waals surface area (Å²) in [5.41, 5.74) is 0. The van der Waals surface area contributed by atoms with Crippen LogP contribution in [0.2, 0.25) is 3.67 Å². The van der Waals surface area contributed by atoms with Crippen molar-refractivity contribution in [1.82, 2.24) is 0 Å². The molecule has 0 aromatic heterocycles. The molecule has 0 heterocycles. The van der Waals surface area contributed by atoms with Gasteiger partial charge in [-0.1, -0.05) is 36.4 Å². The smallest absolute Gasteiger partial charge is 0.282 e. The molecule has 0 spiro atoms. The monoisotopic (exact) mass is 286 g/mol. The van der Waals surface area contributed by atoms with Gasteiger partial charge in [0.1, 0.15) is 4.90 Å². The van der Waals surface area contributed by atoms with Crippen LogP contribution in [0.5, 0.6) is 0 Å². The summed E-state index contributed by atoms with van der Waals surface area (Å²) >= 11 is 1.31. The zero-order valence-corrected chi connectivity index (χ0v) is 13.9. The van der Waals surface area contributed by atoms with Crippen molar-refractivity contribution in [2.45, 2.75) is 15.5 Å². The largest absolute Gasteiger partial charge is 0.295 e. The predicted octanol–water partition coefficient (Wildman–Crippen LogP) is 3.24. The molecule has 5 heteroatoms. The van der Waals surface area contributed by atoms with Gasteiger partial charge in [-0.25, -0.2) is 0 Å². The summed E-state index contributed by atoms with van der Waals surface area (Å²) in [6.07, 6.45) is 4.28. The van der Waals surface area contributed by atoms with Crippen molar-refractivity contribution in [3.8, 4) is 0 Å². The van der Waals surface area contributed by atoms with E-state index in [4.69, 9.17) is 4.55 Å². The van der Waals surface area contributed by atoms with Gasteiger partial charge in [0.25, 0.3) is 10.1 Å². The van der Waals surface area contributed by atoms with Gasteiger partial charge in [0, 0.05) is 5.39 Å². The van der Waals surface area contributed by atoms with Crippen LogP contribution in [0.25, 0.3) is 10.8 Å². The van der Waals surface area contributed by atoms with E-state index in [-0.39, 0.29) is 4.90 Å². The molecule has 1 N–H and O–H groups in total. The van der Waals surface area contributed by atoms with Crippen molar-refractivity contribution >= 4 is 48.8 Å². The van der Waals surface area contributed by atoms with Gasteiger partial charge < -0.3 is 0 Å². The summed E-state index contributed by atoms with van der Waals surface area (Å²) < 4.78 is 32.3. The van der Waals surface area contributed by atoms with Crippen molar-refractivity contribution in [1.29, 1.82) is 0 Å². The number of hydrogen-bond acceptors (Lipinski definition) is 2. The third kappa shape index (κ3) is 5.09. The first-order chi connectivity index (χ1) is 9.00. The van der Waals surface area contributed by atoms with Crippen molar-refractivity contribution in [2.24, 2.45) is 0 Å². The van der Waals surface area contributed by atoms with Gasteiger partial charge in [-0.3, -0.25) is 4.55 Å². The number of rotatable bonds is 2. The molecule has 96 valence electrons. The minimum Gasteiger partial charge on any atom is -0.282 e. The predicted molar refractivity (Wildman–Crippen MR) is 79.1 cm³/mol. The molecule has 0 saturated heterocycles. The van der Waals surface area contributed by atoms with E-state index in [1.807, 2.05) is 6.07 Å². The summed E-state index contributed by atoms with van der Waals surface area (Å²) in [6.45, 7) is 2.05. The number of fused-ring (bicyclic) bond motifs is 1. The average Bonchev–Trinajstić information content (AvgIpc) is 2.39. The maximum atomic E-state index is 11.0. The molecule has 3 nitrogen and oxygen atoms in total. The Labute approximate surface area is 131 Å². The van der Waals surface area contributed by atoms with Gasteiger partial charge >= 0.3 is 50.7 Å². The number of benzene rings is 2. The number of allylic oxidation sites excluding steroid dienone is 2. The fourth-order valence-electron chi connectivity index (χ4n) is 1.66. The Balaban J connectivity index is 0.000000312. The van der Waals surface area contributed by atoms with Crippen molar-refractivity contribution in [3.05, 3.63) is 54.6 Å². The maximum Gasteiger partial charge on any atom is 0.295 e. The van der Waals surface area contributed by atoms with E-state index in [1.165, 1.54) is 37.7 Å². The molecular formula is C14H15NaO3S. The van der Waals surface area contributed by atoms with E-state index >= 15 is 0 Å². The van der Waals surface area contributed by atoms with Crippen LogP contribution < -0.4 is 0 Å². The molecule has 0 bridgehead atoms. The Hall–Kier alpha value is -0.650. The fourth-order valence-corrected chi connectivity index (χ4v) is 2.84. The molecule has 2 aromatic rings. The molecule has 0 saturated carbocycles. The Morgan fingerprint density at radius 3 is 2.32 bits per heavy atom. The Bertz CT molecular complexity index is 658. The zero-order chi connectivity index (χ0) is 14.3. The summed E-state index contributed by atoms with van der Waals surface area (Å²) in [7, 11) is -4.13. The van der Waals surface area contributed by atoms with Crippen molar-refractivity contribution in [2.75, 3.05) is 0 Å². The maximum absolute atomic E-state index is 11.0. The third-order valence-electron chi connectivity index (χ3n) is 2.50. The van der Waals surface area contributed by atoms with Crippen LogP contribution in [0.4, 0.5) is 0 Å². The summed E-state index contributed by atoms with van der Waals surface area (Å²) in [6, 6.07) is 11.8. The second-order valence-corrected chi connectivity index (χ2v) is 6.14. The van der Waals surface area contributed by atoms with Crippen molar-refractivity contribution in [3.63, 3.8) is 0 Å². The quantitative estimate of drug-likeness (QED) is 0.524. The standard InChI is InChI=1S/C10H8O3S.C4H7.Na/c11-14(12,13)10-7-3-5-8-4-1-2-6-9(8)10;1-3-4-2;/h1-7H,(H,11,12,13);3-4H,1H2,2H3;. The van der Waals surface area contributed by atoms with Crippen LogP contribution in [-0.4, -0.2) is 40.9 Å². The van der Waals surface area contributed by atoms with Crippen LogP contribution in [0.15, 0.2) is 59.5 Å². The Morgan fingerprint density at radius 2 is 1.79 bits per heavy atom. The molecule has 2 rings (SSSR count). The van der Waals surface area contributed by atoms with E-state index in [1.54, 1.807) is 30.3 Å². The number of hydrogen-bond donors (Lipinski definition) is 1. The fraction of sp³-hybridized carbons (Fsp3) is 0.143. The first-order valence-electron chi connectivity index (χ1n) is 6.07. The summed E-state index contributed by atoms with van der Waals surface area (Å²) in [4.78, 5) is -0.0457. The van der Waals surface area contributed by atoms with E-state index < -0.39 is 10.1 Å². The molecule has 0 aliphatic carbocycles. The second kappa shape index (κ2) is 7.82. The minimum atomic E-state index is -4.13. The van der Waals surface area contributed by atoms with Crippen LogP contribution in [0.1, 0.15) is 6.92 Å². The van der Waals surface area contributed by atoms with Crippen LogP contribution in [0.3, 0.4) is 0 Å². The zero-order valence-electron chi connectivity index (χ0n) is 11.1. The van der Waals surface area contributed by atoms with Gasteiger partial charge in [-0.15, -0.1) is 0 Å². The van der Waals surface area contributed by atoms with Gasteiger partial charge in [-0.2, -0.15) is 8.42 Å². The molecule has 0 unspecified atom stereocenters. The first kappa shape index (κ1) is 16.4. The molecule has 2 aromatic carbocycles. The third-order valence-corrected chi connectivity index (χ3v) is 3.88. The molecule has 0 fully saturated rings. The van der Waals surface area contributed by atoms with E-state index in [2.05, 4.69) is 19.1 Å². The van der Waals surface area contributed by atoms with Gasteiger partial charge in [0.15, 0.2) is 0 Å². The first-order valence-corrected chi connectivity index (χ1v) is 8.92.